The number of ether oxygens (including phenoxy) is 1. The van der Waals surface area contributed by atoms with Crippen molar-refractivity contribution in [3.8, 4) is 5.75 Å². The predicted octanol–water partition coefficient (Wildman–Crippen LogP) is 5.21. The number of benzene rings is 3. The van der Waals surface area contributed by atoms with Gasteiger partial charge < -0.3 is 4.74 Å². The molecule has 0 saturated heterocycles. The first kappa shape index (κ1) is 16.6. The summed E-state index contributed by atoms with van der Waals surface area (Å²) in [5, 5.41) is 13.0. The van der Waals surface area contributed by atoms with Gasteiger partial charge in [-0.25, -0.2) is 0 Å². The summed E-state index contributed by atoms with van der Waals surface area (Å²) in [5.74, 6) is 0.369. The van der Waals surface area contributed by atoms with E-state index in [4.69, 9.17) is 4.74 Å². The summed E-state index contributed by atoms with van der Waals surface area (Å²) in [4.78, 5) is 24.3. The number of esters is 1. The molecule has 3 aromatic carbocycles. The molecular weight excluding hydrogens is 350 g/mol. The summed E-state index contributed by atoms with van der Waals surface area (Å²) in [7, 11) is 0. The molecule has 0 atom stereocenters. The van der Waals surface area contributed by atoms with Crippen molar-refractivity contribution in [1.82, 2.24) is 0 Å². The summed E-state index contributed by atoms with van der Waals surface area (Å²) >= 11 is 1.34. The zero-order valence-electron chi connectivity index (χ0n) is 13.8. The topological polar surface area (TPSA) is 69.4 Å². The van der Waals surface area contributed by atoms with E-state index in [2.05, 4.69) is 0 Å². The van der Waals surface area contributed by atoms with Crippen molar-refractivity contribution in [2.75, 3.05) is 0 Å². The maximum atomic E-state index is 12.0. The van der Waals surface area contributed by atoms with Gasteiger partial charge in [-0.05, 0) is 36.4 Å². The molecule has 0 N–H and O–H groups in total. The molecule has 4 rings (SSSR count). The van der Waals surface area contributed by atoms with Gasteiger partial charge in [0, 0.05) is 16.3 Å². The van der Waals surface area contributed by atoms with Crippen LogP contribution in [-0.4, -0.2) is 10.9 Å². The third-order valence-electron chi connectivity index (χ3n) is 4.25. The number of nitrogens with zero attached hydrogens (tertiary/aromatic N) is 1. The van der Waals surface area contributed by atoms with E-state index in [1.807, 2.05) is 30.3 Å². The van der Waals surface area contributed by atoms with E-state index < -0.39 is 0 Å². The van der Waals surface area contributed by atoms with Gasteiger partial charge in [0.2, 0.25) is 0 Å². The molecule has 1 saturated carbocycles. The number of hydrogen-bond donors (Lipinski definition) is 0. The lowest BCUT2D eigenvalue weighted by Crippen LogP contribution is -2.10. The number of fused-ring (bicyclic) bond motifs is 1. The molecule has 0 spiro atoms. The van der Waals surface area contributed by atoms with Gasteiger partial charge in [0.05, 0.1) is 15.7 Å². The molecule has 3 aromatic rings. The van der Waals surface area contributed by atoms with Crippen LogP contribution in [-0.2, 0) is 4.79 Å². The molecule has 5 nitrogen and oxygen atoms in total. The molecule has 130 valence electrons. The molecule has 1 fully saturated rings. The van der Waals surface area contributed by atoms with Gasteiger partial charge in [-0.3, -0.25) is 14.9 Å². The smallest absolute Gasteiger partial charge is 0.314 e. The number of rotatable bonds is 5. The first-order chi connectivity index (χ1) is 12.6. The highest BCUT2D eigenvalue weighted by Crippen LogP contribution is 2.41. The molecule has 0 aromatic heterocycles. The molecule has 6 heteroatoms. The predicted molar refractivity (Wildman–Crippen MR) is 99.5 cm³/mol. The normalized spacial score (nSPS) is 13.5. The Morgan fingerprint density at radius 2 is 1.65 bits per heavy atom. The number of para-hydroxylation sites is 1. The van der Waals surface area contributed by atoms with Crippen LogP contribution < -0.4 is 4.74 Å². The number of nitro benzene ring substituents is 1. The first-order valence-corrected chi connectivity index (χ1v) is 9.10. The van der Waals surface area contributed by atoms with Crippen LogP contribution in [0.2, 0.25) is 0 Å². The van der Waals surface area contributed by atoms with Crippen LogP contribution in [0.1, 0.15) is 12.8 Å². The van der Waals surface area contributed by atoms with Crippen molar-refractivity contribution in [2.24, 2.45) is 5.92 Å². The van der Waals surface area contributed by atoms with Crippen molar-refractivity contribution in [1.29, 1.82) is 0 Å². The first-order valence-electron chi connectivity index (χ1n) is 8.28. The Hall–Kier alpha value is -2.86. The Bertz CT molecular complexity index is 1010. The Morgan fingerprint density at radius 3 is 2.38 bits per heavy atom. The molecule has 26 heavy (non-hydrogen) atoms. The van der Waals surface area contributed by atoms with Crippen LogP contribution in [0, 0.1) is 16.0 Å². The minimum atomic E-state index is -0.379. The quantitative estimate of drug-likeness (QED) is 0.268. The monoisotopic (exact) mass is 365 g/mol. The zero-order chi connectivity index (χ0) is 18.1. The fourth-order valence-corrected chi connectivity index (χ4v) is 3.80. The number of nitro groups is 1. The van der Waals surface area contributed by atoms with E-state index in [1.165, 1.54) is 17.8 Å². The third-order valence-corrected chi connectivity index (χ3v) is 5.39. The zero-order valence-corrected chi connectivity index (χ0v) is 14.6. The van der Waals surface area contributed by atoms with Gasteiger partial charge in [-0.15, -0.1) is 0 Å². The largest absolute Gasteiger partial charge is 0.426 e. The van der Waals surface area contributed by atoms with Gasteiger partial charge in [0.1, 0.15) is 5.75 Å². The Balaban J connectivity index is 1.73. The van der Waals surface area contributed by atoms with Gasteiger partial charge in [-0.2, -0.15) is 0 Å². The minimum Gasteiger partial charge on any atom is -0.426 e. The van der Waals surface area contributed by atoms with Crippen molar-refractivity contribution in [3.05, 3.63) is 70.8 Å². The van der Waals surface area contributed by atoms with Crippen LogP contribution in [0.15, 0.2) is 70.5 Å². The van der Waals surface area contributed by atoms with Crippen molar-refractivity contribution >= 4 is 34.2 Å². The van der Waals surface area contributed by atoms with Crippen LogP contribution >= 0.6 is 11.8 Å². The molecule has 0 unspecified atom stereocenters. The van der Waals surface area contributed by atoms with Crippen molar-refractivity contribution < 1.29 is 14.5 Å². The SMILES string of the molecule is O=C(Oc1ccc(Sc2ccccc2[N+](=O)[O-])c2ccccc12)C1CC1. The standard InChI is InChI=1S/C20H15NO4S/c22-20(13-9-10-13)25-17-11-12-18(15-6-2-1-5-14(15)17)26-19-8-4-3-7-16(19)21(23)24/h1-8,11-13H,9-10H2. The molecule has 0 heterocycles. The van der Waals surface area contributed by atoms with Crippen molar-refractivity contribution in [2.45, 2.75) is 22.6 Å². The fourth-order valence-electron chi connectivity index (χ4n) is 2.75. The van der Waals surface area contributed by atoms with Crippen LogP contribution in [0.25, 0.3) is 10.8 Å². The fraction of sp³-hybridized carbons (Fsp3) is 0.150. The lowest BCUT2D eigenvalue weighted by Gasteiger charge is -2.11. The molecule has 0 aliphatic heterocycles. The van der Waals surface area contributed by atoms with Gasteiger partial charge in [-0.1, -0.05) is 48.2 Å². The number of hydrogen-bond acceptors (Lipinski definition) is 5. The number of carbonyl (C=O) groups is 1. The van der Waals surface area contributed by atoms with Gasteiger partial charge in [0.15, 0.2) is 0 Å². The van der Waals surface area contributed by atoms with E-state index >= 15 is 0 Å². The second-order valence-electron chi connectivity index (χ2n) is 6.13. The van der Waals surface area contributed by atoms with E-state index in [9.17, 15) is 14.9 Å². The maximum Gasteiger partial charge on any atom is 0.314 e. The molecule has 0 bridgehead atoms. The van der Waals surface area contributed by atoms with E-state index in [1.54, 1.807) is 24.3 Å². The third kappa shape index (κ3) is 3.28. The Labute approximate surface area is 154 Å². The second kappa shape index (κ2) is 6.80. The van der Waals surface area contributed by atoms with E-state index in [0.29, 0.717) is 10.6 Å². The van der Waals surface area contributed by atoms with Crippen LogP contribution in [0.5, 0.6) is 5.75 Å². The summed E-state index contributed by atoms with van der Waals surface area (Å²) in [6, 6.07) is 17.9. The van der Waals surface area contributed by atoms with Crippen LogP contribution in [0.3, 0.4) is 0 Å². The average Bonchev–Trinajstić information content (AvgIpc) is 3.49. The summed E-state index contributed by atoms with van der Waals surface area (Å²) in [5.41, 5.74) is 0.0748. The summed E-state index contributed by atoms with van der Waals surface area (Å²) < 4.78 is 5.56. The Kier molecular flexibility index (Phi) is 4.34. The van der Waals surface area contributed by atoms with Crippen LogP contribution in [0.4, 0.5) is 5.69 Å². The summed E-state index contributed by atoms with van der Waals surface area (Å²) in [6.07, 6.45) is 1.78. The molecule has 0 radical (unpaired) electrons. The highest BCUT2D eigenvalue weighted by Gasteiger charge is 2.32. The van der Waals surface area contributed by atoms with E-state index in [0.717, 1.165) is 28.5 Å². The molecule has 1 aliphatic carbocycles. The van der Waals surface area contributed by atoms with Crippen molar-refractivity contribution in [3.63, 3.8) is 0 Å². The van der Waals surface area contributed by atoms with Gasteiger partial charge in [0.25, 0.3) is 5.69 Å². The maximum absolute atomic E-state index is 12.0. The Morgan fingerprint density at radius 1 is 0.962 bits per heavy atom. The van der Waals surface area contributed by atoms with Gasteiger partial charge >= 0.3 is 5.97 Å². The second-order valence-corrected chi connectivity index (χ2v) is 7.21. The molecule has 1 aliphatic rings. The minimum absolute atomic E-state index is 0.0229. The number of carbonyl (C=O) groups excluding carboxylic acids is 1. The lowest BCUT2D eigenvalue weighted by atomic mass is 10.1. The summed E-state index contributed by atoms with van der Waals surface area (Å²) in [6.45, 7) is 0. The highest BCUT2D eigenvalue weighted by atomic mass is 32.2. The highest BCUT2D eigenvalue weighted by molar-refractivity contribution is 7.99. The van der Waals surface area contributed by atoms with E-state index in [-0.39, 0.29) is 22.5 Å². The lowest BCUT2D eigenvalue weighted by molar-refractivity contribution is -0.387. The molecule has 0 amide bonds. The average molecular weight is 365 g/mol. The molecular formula is C20H15NO4S.